The van der Waals surface area contributed by atoms with Gasteiger partial charge in [-0.3, -0.25) is 19.4 Å². The molecule has 0 spiro atoms. The van der Waals surface area contributed by atoms with Crippen LogP contribution in [0, 0.1) is 6.92 Å². The van der Waals surface area contributed by atoms with Crippen molar-refractivity contribution in [1.29, 1.82) is 0 Å². The molecule has 3 aromatic heterocycles. The summed E-state index contributed by atoms with van der Waals surface area (Å²) in [5.41, 5.74) is 11.6. The van der Waals surface area contributed by atoms with E-state index in [4.69, 9.17) is 10.6 Å². The molecule has 2 amide bonds. The van der Waals surface area contributed by atoms with E-state index in [9.17, 15) is 9.59 Å². The molecular formula is C23H20N6O3. The van der Waals surface area contributed by atoms with Crippen LogP contribution < -0.4 is 16.5 Å². The fourth-order valence-electron chi connectivity index (χ4n) is 3.09. The van der Waals surface area contributed by atoms with Crippen molar-refractivity contribution in [1.82, 2.24) is 20.4 Å². The highest BCUT2D eigenvalue weighted by molar-refractivity contribution is 6.39. The van der Waals surface area contributed by atoms with E-state index in [-0.39, 0.29) is 12.4 Å². The summed E-state index contributed by atoms with van der Waals surface area (Å²) in [6, 6.07) is 14.6. The van der Waals surface area contributed by atoms with Crippen LogP contribution in [0.4, 0.5) is 11.6 Å². The molecule has 0 unspecified atom stereocenters. The zero-order chi connectivity index (χ0) is 22.5. The summed E-state index contributed by atoms with van der Waals surface area (Å²) in [4.78, 5) is 42.1. The number of hydroxylamine groups is 1. The van der Waals surface area contributed by atoms with Crippen molar-refractivity contribution in [3.8, 4) is 11.3 Å². The molecule has 9 heteroatoms. The van der Waals surface area contributed by atoms with E-state index < -0.39 is 11.8 Å². The highest BCUT2D eigenvalue weighted by atomic mass is 16.7. The molecule has 0 aliphatic carbocycles. The first-order chi connectivity index (χ1) is 15.5. The van der Waals surface area contributed by atoms with Gasteiger partial charge in [0, 0.05) is 29.5 Å². The van der Waals surface area contributed by atoms with Gasteiger partial charge in [0.1, 0.15) is 11.6 Å². The minimum absolute atomic E-state index is 0.136. The van der Waals surface area contributed by atoms with E-state index >= 15 is 0 Å². The monoisotopic (exact) mass is 428 g/mol. The predicted octanol–water partition coefficient (Wildman–Crippen LogP) is 2.77. The summed E-state index contributed by atoms with van der Waals surface area (Å²) < 4.78 is 0. The lowest BCUT2D eigenvalue weighted by Crippen LogP contribution is -2.35. The number of benzene rings is 1. The van der Waals surface area contributed by atoms with Crippen molar-refractivity contribution in [2.75, 3.05) is 11.1 Å². The lowest BCUT2D eigenvalue weighted by atomic mass is 10.1. The van der Waals surface area contributed by atoms with Crippen molar-refractivity contribution in [3.63, 3.8) is 0 Å². The van der Waals surface area contributed by atoms with Crippen LogP contribution in [0.1, 0.15) is 11.1 Å². The first kappa shape index (κ1) is 20.9. The average molecular weight is 428 g/mol. The number of nitrogen functional groups attached to an aromatic ring is 1. The molecule has 0 saturated carbocycles. The SMILES string of the molecule is Cc1ccncc1-c1cc2cc(NC(=O)C(=O)NOCc3ccccc3)ncc2c(N)n1. The highest BCUT2D eigenvalue weighted by Gasteiger charge is 2.16. The van der Waals surface area contributed by atoms with Crippen LogP contribution >= 0.6 is 0 Å². The number of carbonyl (C=O) groups is 2. The molecule has 0 saturated heterocycles. The number of hydrogen-bond donors (Lipinski definition) is 3. The summed E-state index contributed by atoms with van der Waals surface area (Å²) in [5, 5.41) is 3.80. The molecule has 3 heterocycles. The van der Waals surface area contributed by atoms with Crippen LogP contribution in [-0.2, 0) is 21.0 Å². The standard InChI is InChI=1S/C23H20N6O3/c1-14-7-8-25-11-17(14)19-9-16-10-20(26-12-18(16)21(24)27-19)28-22(30)23(31)29-32-13-15-5-3-2-4-6-15/h2-12H,13H2,1H3,(H2,24,27)(H,29,31)(H,26,28,30). The minimum atomic E-state index is -0.941. The number of fused-ring (bicyclic) bond motifs is 1. The molecule has 1 aromatic carbocycles. The van der Waals surface area contributed by atoms with Crippen molar-refractivity contribution in [2.24, 2.45) is 0 Å². The number of carbonyl (C=O) groups excluding carboxylic acids is 2. The summed E-state index contributed by atoms with van der Waals surface area (Å²) in [6.07, 6.45) is 4.92. The van der Waals surface area contributed by atoms with Crippen LogP contribution in [0.2, 0.25) is 0 Å². The third kappa shape index (κ3) is 4.68. The van der Waals surface area contributed by atoms with Gasteiger partial charge in [0.25, 0.3) is 0 Å². The molecule has 4 rings (SSSR count). The maximum absolute atomic E-state index is 12.2. The normalized spacial score (nSPS) is 10.7. The molecule has 0 bridgehead atoms. The number of anilines is 2. The molecule has 0 atom stereocenters. The van der Waals surface area contributed by atoms with Crippen LogP contribution in [0.15, 0.2) is 67.1 Å². The molecule has 0 fully saturated rings. The Hall–Kier alpha value is -4.37. The number of nitrogens with two attached hydrogens (primary N) is 1. The molecule has 0 aliphatic rings. The number of rotatable bonds is 5. The quantitative estimate of drug-likeness (QED) is 0.329. The smallest absolute Gasteiger partial charge is 0.333 e. The Morgan fingerprint density at radius 1 is 1.06 bits per heavy atom. The molecule has 4 aromatic rings. The summed E-state index contributed by atoms with van der Waals surface area (Å²) in [5.74, 6) is -1.35. The first-order valence-corrected chi connectivity index (χ1v) is 9.75. The fourth-order valence-corrected chi connectivity index (χ4v) is 3.09. The van der Waals surface area contributed by atoms with Gasteiger partial charge < -0.3 is 11.1 Å². The van der Waals surface area contributed by atoms with Gasteiger partial charge in [0.15, 0.2) is 0 Å². The van der Waals surface area contributed by atoms with E-state index in [1.54, 1.807) is 18.5 Å². The molecule has 0 aliphatic heterocycles. The van der Waals surface area contributed by atoms with Crippen molar-refractivity contribution in [2.45, 2.75) is 13.5 Å². The van der Waals surface area contributed by atoms with Crippen molar-refractivity contribution >= 4 is 34.2 Å². The first-order valence-electron chi connectivity index (χ1n) is 9.75. The van der Waals surface area contributed by atoms with Gasteiger partial charge in [-0.25, -0.2) is 15.4 Å². The van der Waals surface area contributed by atoms with E-state index in [1.807, 2.05) is 49.4 Å². The second kappa shape index (κ2) is 9.19. The van der Waals surface area contributed by atoms with Gasteiger partial charge in [-0.15, -0.1) is 0 Å². The molecule has 4 N–H and O–H groups in total. The Bertz CT molecular complexity index is 1290. The Morgan fingerprint density at radius 3 is 2.66 bits per heavy atom. The number of hydrogen-bond acceptors (Lipinski definition) is 7. The maximum Gasteiger partial charge on any atom is 0.333 e. The number of nitrogens with zero attached hydrogens (tertiary/aromatic N) is 3. The van der Waals surface area contributed by atoms with Crippen LogP contribution in [0.25, 0.3) is 22.0 Å². The van der Waals surface area contributed by atoms with Gasteiger partial charge in [-0.1, -0.05) is 30.3 Å². The van der Waals surface area contributed by atoms with Crippen LogP contribution in [0.3, 0.4) is 0 Å². The molecule has 160 valence electrons. The minimum Gasteiger partial charge on any atom is -0.383 e. The Labute approximate surface area is 183 Å². The predicted molar refractivity (Wildman–Crippen MR) is 120 cm³/mol. The third-order valence-electron chi connectivity index (χ3n) is 4.75. The average Bonchev–Trinajstić information content (AvgIpc) is 2.79. The van der Waals surface area contributed by atoms with E-state index in [2.05, 4.69) is 25.7 Å². The topological polar surface area (TPSA) is 132 Å². The summed E-state index contributed by atoms with van der Waals surface area (Å²) in [6.45, 7) is 2.09. The Balaban J connectivity index is 1.47. The zero-order valence-electron chi connectivity index (χ0n) is 17.2. The highest BCUT2D eigenvalue weighted by Crippen LogP contribution is 2.28. The van der Waals surface area contributed by atoms with Gasteiger partial charge in [-0.05, 0) is 41.6 Å². The second-order valence-corrected chi connectivity index (χ2v) is 7.03. The molecule has 0 radical (unpaired) electrons. The number of amides is 2. The number of nitrogens with one attached hydrogen (secondary N) is 2. The maximum atomic E-state index is 12.2. The van der Waals surface area contributed by atoms with Crippen molar-refractivity contribution < 1.29 is 14.4 Å². The summed E-state index contributed by atoms with van der Waals surface area (Å²) in [7, 11) is 0. The van der Waals surface area contributed by atoms with Crippen LogP contribution in [-0.4, -0.2) is 26.8 Å². The van der Waals surface area contributed by atoms with Gasteiger partial charge >= 0.3 is 11.8 Å². The van der Waals surface area contributed by atoms with E-state index in [1.165, 1.54) is 6.20 Å². The third-order valence-corrected chi connectivity index (χ3v) is 4.75. The van der Waals surface area contributed by atoms with E-state index in [0.717, 1.165) is 16.7 Å². The zero-order valence-corrected chi connectivity index (χ0v) is 17.2. The molecule has 9 nitrogen and oxygen atoms in total. The number of aromatic nitrogens is 3. The van der Waals surface area contributed by atoms with Gasteiger partial charge in [0.05, 0.1) is 12.3 Å². The summed E-state index contributed by atoms with van der Waals surface area (Å²) >= 11 is 0. The van der Waals surface area contributed by atoms with Gasteiger partial charge in [-0.2, -0.15) is 0 Å². The van der Waals surface area contributed by atoms with E-state index in [0.29, 0.717) is 22.3 Å². The Morgan fingerprint density at radius 2 is 1.88 bits per heavy atom. The van der Waals surface area contributed by atoms with Crippen LogP contribution in [0.5, 0.6) is 0 Å². The lowest BCUT2D eigenvalue weighted by Gasteiger charge is -2.10. The Kier molecular flexibility index (Phi) is 6.00. The lowest BCUT2D eigenvalue weighted by molar-refractivity contribution is -0.145. The molecule has 32 heavy (non-hydrogen) atoms. The van der Waals surface area contributed by atoms with Crippen molar-refractivity contribution in [3.05, 3.63) is 78.2 Å². The largest absolute Gasteiger partial charge is 0.383 e. The fraction of sp³-hybridized carbons (Fsp3) is 0.0870. The number of aryl methyl sites for hydroxylation is 1. The molecular weight excluding hydrogens is 408 g/mol. The number of pyridine rings is 3. The van der Waals surface area contributed by atoms with Gasteiger partial charge in [0.2, 0.25) is 0 Å². The second-order valence-electron chi connectivity index (χ2n) is 7.03.